The molecule has 0 bridgehead atoms. The number of aromatic nitrogens is 4. The summed E-state index contributed by atoms with van der Waals surface area (Å²) in [6.07, 6.45) is 5.86. The van der Waals surface area contributed by atoms with Gasteiger partial charge in [0.1, 0.15) is 17.1 Å². The van der Waals surface area contributed by atoms with E-state index < -0.39 is 0 Å². The van der Waals surface area contributed by atoms with Gasteiger partial charge >= 0.3 is 0 Å². The largest absolute Gasteiger partial charge is 0.496 e. The maximum absolute atomic E-state index is 13.3. The monoisotopic (exact) mass is 387 g/mol. The Kier molecular flexibility index (Phi) is 4.27. The number of carbonyl (C=O) groups is 1. The summed E-state index contributed by atoms with van der Waals surface area (Å²) in [6, 6.07) is 15.6. The molecule has 1 aromatic carbocycles. The van der Waals surface area contributed by atoms with Gasteiger partial charge in [-0.05, 0) is 43.2 Å². The standard InChI is InChI=1S/C22H21N5O2/c1-29-20-7-3-2-6-17(20)18-12-19(25-24-18)22(28)27(15-9-10-15)14-16-13-23-21-8-4-5-11-26(16)21/h2-8,11-13,15H,9-10,14H2,1H3,(H,24,25). The van der Waals surface area contributed by atoms with Gasteiger partial charge in [0.2, 0.25) is 0 Å². The number of ether oxygens (including phenoxy) is 1. The molecule has 1 saturated carbocycles. The highest BCUT2D eigenvalue weighted by Gasteiger charge is 2.34. The van der Waals surface area contributed by atoms with Crippen molar-refractivity contribution in [3.63, 3.8) is 0 Å². The van der Waals surface area contributed by atoms with E-state index >= 15 is 0 Å². The number of fused-ring (bicyclic) bond motifs is 1. The second kappa shape index (κ2) is 7.09. The van der Waals surface area contributed by atoms with Crippen molar-refractivity contribution in [2.45, 2.75) is 25.4 Å². The number of methoxy groups -OCH3 is 1. The van der Waals surface area contributed by atoms with Crippen molar-refractivity contribution in [1.82, 2.24) is 24.5 Å². The van der Waals surface area contributed by atoms with E-state index in [0.717, 1.165) is 35.5 Å². The van der Waals surface area contributed by atoms with E-state index in [1.807, 2.05) is 64.2 Å². The summed E-state index contributed by atoms with van der Waals surface area (Å²) in [5.41, 5.74) is 3.89. The normalized spacial score (nSPS) is 13.6. The molecule has 0 spiro atoms. The highest BCUT2D eigenvalue weighted by Crippen LogP contribution is 2.32. The Morgan fingerprint density at radius 2 is 2.07 bits per heavy atom. The smallest absolute Gasteiger partial charge is 0.272 e. The van der Waals surface area contributed by atoms with E-state index in [2.05, 4.69) is 15.2 Å². The second-order valence-corrected chi connectivity index (χ2v) is 7.21. The summed E-state index contributed by atoms with van der Waals surface area (Å²) in [4.78, 5) is 19.6. The van der Waals surface area contributed by atoms with E-state index in [9.17, 15) is 4.79 Å². The van der Waals surface area contributed by atoms with Crippen molar-refractivity contribution in [2.24, 2.45) is 0 Å². The van der Waals surface area contributed by atoms with Crippen LogP contribution in [0.2, 0.25) is 0 Å². The maximum atomic E-state index is 13.3. The zero-order valence-corrected chi connectivity index (χ0v) is 16.1. The number of carbonyl (C=O) groups excluding carboxylic acids is 1. The predicted octanol–water partition coefficient (Wildman–Crippen LogP) is 3.54. The first-order valence-corrected chi connectivity index (χ1v) is 9.65. The minimum Gasteiger partial charge on any atom is -0.496 e. The van der Waals surface area contributed by atoms with Crippen molar-refractivity contribution in [1.29, 1.82) is 0 Å². The lowest BCUT2D eigenvalue weighted by Gasteiger charge is -2.21. The maximum Gasteiger partial charge on any atom is 0.272 e. The van der Waals surface area contributed by atoms with Crippen LogP contribution < -0.4 is 4.74 Å². The summed E-state index contributed by atoms with van der Waals surface area (Å²) in [6.45, 7) is 0.512. The van der Waals surface area contributed by atoms with E-state index in [1.165, 1.54) is 0 Å². The molecule has 146 valence electrons. The van der Waals surface area contributed by atoms with Crippen molar-refractivity contribution in [3.8, 4) is 17.0 Å². The number of nitrogens with one attached hydrogen (secondary N) is 1. The lowest BCUT2D eigenvalue weighted by molar-refractivity contribution is 0.0721. The number of pyridine rings is 1. The van der Waals surface area contributed by atoms with Gasteiger partial charge in [0.05, 0.1) is 31.2 Å². The van der Waals surface area contributed by atoms with Crippen LogP contribution in [0.25, 0.3) is 16.9 Å². The number of imidazole rings is 1. The average molecular weight is 387 g/mol. The Bertz CT molecular complexity index is 1170. The minimum atomic E-state index is -0.0490. The summed E-state index contributed by atoms with van der Waals surface area (Å²) in [5, 5.41) is 7.27. The van der Waals surface area contributed by atoms with Crippen molar-refractivity contribution < 1.29 is 9.53 Å². The molecule has 7 nitrogen and oxygen atoms in total. The van der Waals surface area contributed by atoms with Gasteiger partial charge in [0.25, 0.3) is 5.91 Å². The van der Waals surface area contributed by atoms with E-state index in [-0.39, 0.29) is 11.9 Å². The van der Waals surface area contributed by atoms with Gasteiger partial charge in [-0.15, -0.1) is 0 Å². The van der Waals surface area contributed by atoms with Crippen molar-refractivity contribution >= 4 is 11.6 Å². The van der Waals surface area contributed by atoms with E-state index in [0.29, 0.717) is 17.9 Å². The van der Waals surface area contributed by atoms with Crippen molar-refractivity contribution in [3.05, 3.63) is 72.3 Å². The fraction of sp³-hybridized carbons (Fsp3) is 0.227. The van der Waals surface area contributed by atoms with Crippen LogP contribution >= 0.6 is 0 Å². The molecule has 7 heteroatoms. The zero-order valence-electron chi connectivity index (χ0n) is 16.1. The molecule has 1 amide bonds. The second-order valence-electron chi connectivity index (χ2n) is 7.21. The van der Waals surface area contributed by atoms with E-state index in [1.54, 1.807) is 13.2 Å². The van der Waals surface area contributed by atoms with Crippen LogP contribution in [0.5, 0.6) is 5.75 Å². The molecule has 1 fully saturated rings. The molecule has 0 radical (unpaired) electrons. The lowest BCUT2D eigenvalue weighted by Crippen LogP contribution is -2.33. The lowest BCUT2D eigenvalue weighted by atomic mass is 10.1. The van der Waals surface area contributed by atoms with Gasteiger partial charge < -0.3 is 14.0 Å². The number of amides is 1. The van der Waals surface area contributed by atoms with Gasteiger partial charge in [-0.1, -0.05) is 18.2 Å². The first-order chi connectivity index (χ1) is 14.2. The number of hydrogen-bond donors (Lipinski definition) is 1. The third-order valence-corrected chi connectivity index (χ3v) is 5.27. The van der Waals surface area contributed by atoms with Crippen LogP contribution in [-0.4, -0.2) is 43.5 Å². The summed E-state index contributed by atoms with van der Waals surface area (Å²) in [5.74, 6) is 0.676. The molecule has 0 saturated heterocycles. The highest BCUT2D eigenvalue weighted by atomic mass is 16.5. The third kappa shape index (κ3) is 3.24. The van der Waals surface area contributed by atoms with Gasteiger partial charge in [-0.3, -0.25) is 9.89 Å². The Morgan fingerprint density at radius 3 is 2.90 bits per heavy atom. The number of rotatable bonds is 6. The molecule has 5 rings (SSSR count). The fourth-order valence-electron chi connectivity index (χ4n) is 3.61. The van der Waals surface area contributed by atoms with Crippen LogP contribution in [0.3, 0.4) is 0 Å². The molecule has 3 heterocycles. The van der Waals surface area contributed by atoms with Gasteiger partial charge in [0.15, 0.2) is 0 Å². The molecule has 0 unspecified atom stereocenters. The Labute approximate surface area is 167 Å². The summed E-state index contributed by atoms with van der Waals surface area (Å²) in [7, 11) is 1.63. The zero-order chi connectivity index (χ0) is 19.8. The first kappa shape index (κ1) is 17.5. The SMILES string of the molecule is COc1ccccc1-c1cc(C(=O)N(Cc2cnc3ccccn23)C2CC2)[nH]n1. The van der Waals surface area contributed by atoms with Gasteiger partial charge in [-0.2, -0.15) is 5.10 Å². The topological polar surface area (TPSA) is 75.5 Å². The first-order valence-electron chi connectivity index (χ1n) is 9.65. The number of aromatic amines is 1. The third-order valence-electron chi connectivity index (χ3n) is 5.27. The molecule has 0 atom stereocenters. The molecule has 1 aliphatic carbocycles. The van der Waals surface area contributed by atoms with Crippen LogP contribution in [0, 0.1) is 0 Å². The van der Waals surface area contributed by atoms with Crippen LogP contribution in [0.1, 0.15) is 29.0 Å². The molecule has 1 aliphatic rings. The quantitative estimate of drug-likeness (QED) is 0.549. The molecule has 1 N–H and O–H groups in total. The van der Waals surface area contributed by atoms with Gasteiger partial charge in [0, 0.05) is 17.8 Å². The number of benzene rings is 1. The molecular weight excluding hydrogens is 366 g/mol. The van der Waals surface area contributed by atoms with Crippen molar-refractivity contribution in [2.75, 3.05) is 7.11 Å². The average Bonchev–Trinajstić information content (AvgIpc) is 3.34. The van der Waals surface area contributed by atoms with Crippen LogP contribution in [0.4, 0.5) is 0 Å². The predicted molar refractivity (Wildman–Crippen MR) is 109 cm³/mol. The summed E-state index contributed by atoms with van der Waals surface area (Å²) >= 11 is 0. The number of H-pyrrole nitrogens is 1. The minimum absolute atomic E-state index is 0.0490. The number of para-hydroxylation sites is 1. The number of nitrogens with zero attached hydrogens (tertiary/aromatic N) is 4. The van der Waals surface area contributed by atoms with Gasteiger partial charge in [-0.25, -0.2) is 4.98 Å². The molecule has 3 aromatic heterocycles. The Morgan fingerprint density at radius 1 is 1.24 bits per heavy atom. The Balaban J connectivity index is 1.43. The number of hydrogen-bond acceptors (Lipinski definition) is 4. The summed E-state index contributed by atoms with van der Waals surface area (Å²) < 4.78 is 7.44. The molecule has 29 heavy (non-hydrogen) atoms. The van der Waals surface area contributed by atoms with Crippen LogP contribution in [-0.2, 0) is 6.54 Å². The Hall–Kier alpha value is -3.61. The van der Waals surface area contributed by atoms with E-state index in [4.69, 9.17) is 4.74 Å². The highest BCUT2D eigenvalue weighted by molar-refractivity contribution is 5.94. The fourth-order valence-corrected chi connectivity index (χ4v) is 3.61. The molecule has 0 aliphatic heterocycles. The molecular formula is C22H21N5O2. The van der Waals surface area contributed by atoms with Crippen LogP contribution in [0.15, 0.2) is 60.9 Å². The molecule has 4 aromatic rings.